The molecule has 1 N–H and O–H groups in total. The summed E-state index contributed by atoms with van der Waals surface area (Å²) in [5, 5.41) is 9.25. The number of anilines is 1. The molecule has 0 unspecified atom stereocenters. The molecule has 4 heteroatoms. The van der Waals surface area contributed by atoms with Gasteiger partial charge in [0.05, 0.1) is 10.6 Å². The van der Waals surface area contributed by atoms with Gasteiger partial charge in [0, 0.05) is 18.8 Å². The van der Waals surface area contributed by atoms with Crippen LogP contribution in [-0.2, 0) is 0 Å². The number of hydrogen-bond donors (Lipinski definition) is 1. The van der Waals surface area contributed by atoms with Gasteiger partial charge in [-0.2, -0.15) is 0 Å². The maximum Gasteiger partial charge on any atom is 0.337 e. The van der Waals surface area contributed by atoms with Crippen molar-refractivity contribution in [1.29, 1.82) is 0 Å². The van der Waals surface area contributed by atoms with Gasteiger partial charge in [-0.3, -0.25) is 0 Å². The lowest BCUT2D eigenvalue weighted by Crippen LogP contribution is -2.53. The molecule has 0 bridgehead atoms. The lowest BCUT2D eigenvalue weighted by Gasteiger charge is -2.47. The number of halogens is 1. The van der Waals surface area contributed by atoms with E-state index in [-0.39, 0.29) is 10.6 Å². The Hall–Kier alpha value is -1.22. The highest BCUT2D eigenvalue weighted by atomic mass is 35.5. The van der Waals surface area contributed by atoms with Gasteiger partial charge in [-0.15, -0.1) is 0 Å². The molecule has 0 spiro atoms. The van der Waals surface area contributed by atoms with Gasteiger partial charge >= 0.3 is 5.97 Å². The van der Waals surface area contributed by atoms with E-state index in [4.69, 9.17) is 16.7 Å². The molecule has 1 saturated heterocycles. The maximum atomic E-state index is 10.9. The van der Waals surface area contributed by atoms with Gasteiger partial charge in [-0.25, -0.2) is 4.79 Å². The predicted octanol–water partition coefficient (Wildman–Crippen LogP) is 2.88. The van der Waals surface area contributed by atoms with E-state index in [1.54, 1.807) is 12.1 Å². The summed E-state index contributed by atoms with van der Waals surface area (Å²) in [4.78, 5) is 13.1. The minimum atomic E-state index is -0.980. The standard InChI is InChI=1S/C12H14ClNO2/c1-12(2)6-14(7-12)8-3-4-10(13)9(5-8)11(15)16/h3-5H,6-7H2,1-2H3,(H,15,16). The van der Waals surface area contributed by atoms with Crippen LogP contribution in [0.25, 0.3) is 0 Å². The highest BCUT2D eigenvalue weighted by molar-refractivity contribution is 6.33. The van der Waals surface area contributed by atoms with Crippen LogP contribution in [0.1, 0.15) is 24.2 Å². The van der Waals surface area contributed by atoms with Gasteiger partial charge in [-0.05, 0) is 23.6 Å². The van der Waals surface area contributed by atoms with E-state index in [1.807, 2.05) is 6.07 Å². The van der Waals surface area contributed by atoms with Crippen molar-refractivity contribution in [2.24, 2.45) is 5.41 Å². The van der Waals surface area contributed by atoms with Crippen LogP contribution in [0.4, 0.5) is 5.69 Å². The SMILES string of the molecule is CC1(C)CN(c2ccc(Cl)c(C(=O)O)c2)C1. The molecule has 1 fully saturated rings. The highest BCUT2D eigenvalue weighted by Gasteiger charge is 2.34. The smallest absolute Gasteiger partial charge is 0.337 e. The summed E-state index contributed by atoms with van der Waals surface area (Å²) in [6.45, 7) is 6.29. The number of carboxylic acid groups (broad SMARTS) is 1. The van der Waals surface area contributed by atoms with Crippen molar-refractivity contribution in [3.05, 3.63) is 28.8 Å². The molecular weight excluding hydrogens is 226 g/mol. The normalized spacial score (nSPS) is 18.1. The Kier molecular flexibility index (Phi) is 2.58. The van der Waals surface area contributed by atoms with Crippen molar-refractivity contribution in [2.75, 3.05) is 18.0 Å². The first-order chi connectivity index (χ1) is 7.39. The van der Waals surface area contributed by atoms with Gasteiger partial charge in [0.25, 0.3) is 0 Å². The van der Waals surface area contributed by atoms with Crippen molar-refractivity contribution in [3.63, 3.8) is 0 Å². The zero-order chi connectivity index (χ0) is 11.9. The molecule has 3 nitrogen and oxygen atoms in total. The third-order valence-electron chi connectivity index (χ3n) is 2.78. The Balaban J connectivity index is 2.24. The minimum Gasteiger partial charge on any atom is -0.478 e. The zero-order valence-electron chi connectivity index (χ0n) is 9.33. The molecule has 1 aromatic rings. The molecule has 0 radical (unpaired) electrons. The quantitative estimate of drug-likeness (QED) is 0.863. The van der Waals surface area contributed by atoms with Crippen molar-refractivity contribution in [2.45, 2.75) is 13.8 Å². The Bertz CT molecular complexity index is 435. The summed E-state index contributed by atoms with van der Waals surface area (Å²) in [6.07, 6.45) is 0. The van der Waals surface area contributed by atoms with E-state index < -0.39 is 5.97 Å². The van der Waals surface area contributed by atoms with Crippen LogP contribution < -0.4 is 4.90 Å². The molecule has 2 rings (SSSR count). The molecular formula is C12H14ClNO2. The molecule has 86 valence electrons. The van der Waals surface area contributed by atoms with Crippen molar-refractivity contribution >= 4 is 23.3 Å². The number of carbonyl (C=O) groups is 1. The first-order valence-corrected chi connectivity index (χ1v) is 5.55. The highest BCUT2D eigenvalue weighted by Crippen LogP contribution is 2.34. The number of hydrogen-bond acceptors (Lipinski definition) is 2. The molecule has 1 aromatic carbocycles. The average Bonchev–Trinajstić information content (AvgIpc) is 2.14. The molecule has 1 aliphatic rings. The maximum absolute atomic E-state index is 10.9. The molecule has 0 amide bonds. The van der Waals surface area contributed by atoms with Crippen LogP contribution in [-0.4, -0.2) is 24.2 Å². The first kappa shape index (κ1) is 11.3. The number of carboxylic acids is 1. The lowest BCUT2D eigenvalue weighted by atomic mass is 9.84. The van der Waals surface area contributed by atoms with Gasteiger partial charge < -0.3 is 10.0 Å². The number of rotatable bonds is 2. The van der Waals surface area contributed by atoms with Crippen molar-refractivity contribution in [3.8, 4) is 0 Å². The van der Waals surface area contributed by atoms with Crippen LogP contribution in [0.3, 0.4) is 0 Å². The van der Waals surface area contributed by atoms with Crippen molar-refractivity contribution in [1.82, 2.24) is 0 Å². The third-order valence-corrected chi connectivity index (χ3v) is 3.11. The van der Waals surface area contributed by atoms with Crippen molar-refractivity contribution < 1.29 is 9.90 Å². The summed E-state index contributed by atoms with van der Waals surface area (Å²) in [5.74, 6) is -0.980. The van der Waals surface area contributed by atoms with E-state index in [2.05, 4.69) is 18.7 Å². The topological polar surface area (TPSA) is 40.5 Å². The molecule has 16 heavy (non-hydrogen) atoms. The second-order valence-electron chi connectivity index (χ2n) is 4.99. The summed E-state index contributed by atoms with van der Waals surface area (Å²) < 4.78 is 0. The van der Waals surface area contributed by atoms with Gasteiger partial charge in [-0.1, -0.05) is 25.4 Å². The van der Waals surface area contributed by atoms with E-state index >= 15 is 0 Å². The van der Waals surface area contributed by atoms with Crippen LogP contribution in [0.5, 0.6) is 0 Å². The monoisotopic (exact) mass is 239 g/mol. The first-order valence-electron chi connectivity index (χ1n) is 5.17. The van der Waals surface area contributed by atoms with E-state index in [0.717, 1.165) is 18.8 Å². The fraction of sp³-hybridized carbons (Fsp3) is 0.417. The second kappa shape index (κ2) is 3.67. The summed E-state index contributed by atoms with van der Waals surface area (Å²) >= 11 is 5.81. The van der Waals surface area contributed by atoms with E-state index in [0.29, 0.717) is 5.41 Å². The van der Waals surface area contributed by atoms with Crippen LogP contribution in [0.15, 0.2) is 18.2 Å². The lowest BCUT2D eigenvalue weighted by molar-refractivity contribution is 0.0697. The summed E-state index contributed by atoms with van der Waals surface area (Å²) in [5.41, 5.74) is 1.42. The largest absolute Gasteiger partial charge is 0.478 e. The Morgan fingerprint density at radius 2 is 2.06 bits per heavy atom. The number of aromatic carboxylic acids is 1. The Morgan fingerprint density at radius 3 is 2.56 bits per heavy atom. The van der Waals surface area contributed by atoms with E-state index in [9.17, 15) is 4.79 Å². The van der Waals surface area contributed by atoms with Crippen LogP contribution in [0.2, 0.25) is 5.02 Å². The molecule has 0 atom stereocenters. The number of nitrogens with zero attached hydrogens (tertiary/aromatic N) is 1. The molecule has 0 aromatic heterocycles. The van der Waals surface area contributed by atoms with Gasteiger partial charge in [0.2, 0.25) is 0 Å². The van der Waals surface area contributed by atoms with Crippen LogP contribution >= 0.6 is 11.6 Å². The summed E-state index contributed by atoms with van der Waals surface area (Å²) in [7, 11) is 0. The fourth-order valence-electron chi connectivity index (χ4n) is 2.04. The Labute approximate surface area is 99.6 Å². The predicted molar refractivity (Wildman–Crippen MR) is 64.4 cm³/mol. The fourth-order valence-corrected chi connectivity index (χ4v) is 2.24. The van der Waals surface area contributed by atoms with Crippen LogP contribution in [0, 0.1) is 5.41 Å². The molecule has 1 aliphatic heterocycles. The molecule has 0 aliphatic carbocycles. The summed E-state index contributed by atoms with van der Waals surface area (Å²) in [6, 6.07) is 5.15. The minimum absolute atomic E-state index is 0.170. The molecule has 0 saturated carbocycles. The third kappa shape index (κ3) is 2.00. The Morgan fingerprint density at radius 1 is 1.44 bits per heavy atom. The second-order valence-corrected chi connectivity index (χ2v) is 5.40. The van der Waals surface area contributed by atoms with Gasteiger partial charge in [0.15, 0.2) is 0 Å². The number of benzene rings is 1. The average molecular weight is 240 g/mol. The molecule has 1 heterocycles. The van der Waals surface area contributed by atoms with E-state index in [1.165, 1.54) is 0 Å². The van der Waals surface area contributed by atoms with Gasteiger partial charge in [0.1, 0.15) is 0 Å². The zero-order valence-corrected chi connectivity index (χ0v) is 10.1.